The fraction of sp³-hybridized carbons (Fsp3) is 0.571. The Balaban J connectivity index is 2.17. The van der Waals surface area contributed by atoms with Crippen LogP contribution in [0.15, 0.2) is 23.1 Å². The first-order valence-electron chi connectivity index (χ1n) is 7.39. The molecule has 1 atom stereocenters. The summed E-state index contributed by atoms with van der Waals surface area (Å²) in [6, 6.07) is 2.71. The molecule has 3 N–H and O–H groups in total. The quantitative estimate of drug-likeness (QED) is 0.824. The van der Waals surface area contributed by atoms with Crippen LogP contribution in [0.25, 0.3) is 0 Å². The highest BCUT2D eigenvalue weighted by atomic mass is 32.2. The summed E-state index contributed by atoms with van der Waals surface area (Å²) in [6.45, 7) is 4.84. The van der Waals surface area contributed by atoms with E-state index >= 15 is 0 Å². The minimum Gasteiger partial charge on any atom is -0.383 e. The van der Waals surface area contributed by atoms with Gasteiger partial charge >= 0.3 is 6.18 Å². The lowest BCUT2D eigenvalue weighted by Crippen LogP contribution is -2.45. The number of hydrogen-bond acceptors (Lipinski definition) is 5. The highest BCUT2D eigenvalue weighted by molar-refractivity contribution is 7.89. The Morgan fingerprint density at radius 1 is 1.33 bits per heavy atom. The highest BCUT2D eigenvalue weighted by Gasteiger charge is 2.34. The first kappa shape index (κ1) is 19.0. The lowest BCUT2D eigenvalue weighted by molar-refractivity contribution is -0.137. The van der Waals surface area contributed by atoms with E-state index in [0.29, 0.717) is 19.3 Å². The summed E-state index contributed by atoms with van der Waals surface area (Å²) in [5.41, 5.74) is -1.22. The number of ether oxygens (including phenoxy) is 1. The number of rotatable bonds is 5. The third-order valence-electron chi connectivity index (χ3n) is 3.88. The second-order valence-corrected chi connectivity index (χ2v) is 7.19. The number of alkyl halides is 3. The SMILES string of the molecule is CC(CNc1ccc(S(N)(=O)=O)cc1C(F)(F)F)N1CCOCC1. The minimum absolute atomic E-state index is 0.00732. The second-order valence-electron chi connectivity index (χ2n) is 5.63. The van der Waals surface area contributed by atoms with E-state index in [0.717, 1.165) is 25.2 Å². The third kappa shape index (κ3) is 4.82. The van der Waals surface area contributed by atoms with Gasteiger partial charge in [0.25, 0.3) is 0 Å². The summed E-state index contributed by atoms with van der Waals surface area (Å²) in [4.78, 5) is 1.55. The lowest BCUT2D eigenvalue weighted by Gasteiger charge is -2.32. The molecule has 1 fully saturated rings. The van der Waals surface area contributed by atoms with Gasteiger partial charge in [0, 0.05) is 31.4 Å². The second kappa shape index (κ2) is 7.26. The molecule has 136 valence electrons. The van der Waals surface area contributed by atoms with E-state index in [4.69, 9.17) is 9.88 Å². The van der Waals surface area contributed by atoms with E-state index < -0.39 is 26.7 Å². The maximum Gasteiger partial charge on any atom is 0.418 e. The number of anilines is 1. The summed E-state index contributed by atoms with van der Waals surface area (Å²) in [6.07, 6.45) is -4.69. The minimum atomic E-state index is -4.69. The number of benzene rings is 1. The van der Waals surface area contributed by atoms with Crippen LogP contribution in [0.4, 0.5) is 18.9 Å². The van der Waals surface area contributed by atoms with Crippen molar-refractivity contribution < 1.29 is 26.3 Å². The van der Waals surface area contributed by atoms with E-state index in [-0.39, 0.29) is 18.3 Å². The number of nitrogens with zero attached hydrogens (tertiary/aromatic N) is 1. The standard InChI is InChI=1S/C14H20F3N3O3S/c1-10(20-4-6-23-7-5-20)9-19-13-3-2-11(24(18,21)22)8-12(13)14(15,16)17/h2-3,8,10,19H,4-7,9H2,1H3,(H2,18,21,22). The van der Waals surface area contributed by atoms with Gasteiger partial charge in [0.05, 0.1) is 23.7 Å². The predicted molar refractivity (Wildman–Crippen MR) is 83.2 cm³/mol. The number of primary sulfonamides is 1. The molecule has 10 heteroatoms. The van der Waals surface area contributed by atoms with Crippen molar-refractivity contribution in [3.63, 3.8) is 0 Å². The van der Waals surface area contributed by atoms with Crippen molar-refractivity contribution in [1.82, 2.24) is 4.90 Å². The molecular weight excluding hydrogens is 347 g/mol. The summed E-state index contributed by atoms with van der Waals surface area (Å²) in [7, 11) is -4.20. The molecule has 1 heterocycles. The van der Waals surface area contributed by atoms with Gasteiger partial charge < -0.3 is 10.1 Å². The number of halogens is 3. The molecular formula is C14H20F3N3O3S. The van der Waals surface area contributed by atoms with Gasteiger partial charge in [-0.1, -0.05) is 0 Å². The van der Waals surface area contributed by atoms with Gasteiger partial charge in [0.15, 0.2) is 0 Å². The number of nitrogens with two attached hydrogens (primary N) is 1. The summed E-state index contributed by atoms with van der Waals surface area (Å²) in [5.74, 6) is 0. The van der Waals surface area contributed by atoms with Crippen LogP contribution in [0.1, 0.15) is 12.5 Å². The monoisotopic (exact) mass is 367 g/mol. The van der Waals surface area contributed by atoms with E-state index in [9.17, 15) is 21.6 Å². The molecule has 2 rings (SSSR count). The molecule has 0 aromatic heterocycles. The Labute approximate surface area is 138 Å². The van der Waals surface area contributed by atoms with Crippen molar-refractivity contribution in [2.75, 3.05) is 38.2 Å². The summed E-state index contributed by atoms with van der Waals surface area (Å²) >= 11 is 0. The van der Waals surface area contributed by atoms with Gasteiger partial charge in [-0.15, -0.1) is 0 Å². The number of sulfonamides is 1. The zero-order chi connectivity index (χ0) is 18.0. The van der Waals surface area contributed by atoms with Crippen molar-refractivity contribution >= 4 is 15.7 Å². The molecule has 1 unspecified atom stereocenters. The Bertz CT molecular complexity index is 674. The molecule has 6 nitrogen and oxygen atoms in total. The molecule has 0 spiro atoms. The van der Waals surface area contributed by atoms with Gasteiger partial charge in [0.1, 0.15) is 0 Å². The lowest BCUT2D eigenvalue weighted by atomic mass is 10.1. The van der Waals surface area contributed by atoms with Crippen molar-refractivity contribution in [3.8, 4) is 0 Å². The average molecular weight is 367 g/mol. The van der Waals surface area contributed by atoms with E-state index in [1.807, 2.05) is 6.92 Å². The summed E-state index contributed by atoms with van der Waals surface area (Å²) in [5, 5.41) is 7.66. The van der Waals surface area contributed by atoms with Gasteiger partial charge in [-0.05, 0) is 25.1 Å². The highest BCUT2D eigenvalue weighted by Crippen LogP contribution is 2.36. The Morgan fingerprint density at radius 3 is 2.50 bits per heavy atom. The van der Waals surface area contributed by atoms with Gasteiger partial charge in [0.2, 0.25) is 10.0 Å². The third-order valence-corrected chi connectivity index (χ3v) is 4.79. The van der Waals surface area contributed by atoms with Crippen LogP contribution in [-0.2, 0) is 20.9 Å². The average Bonchev–Trinajstić information content (AvgIpc) is 2.51. The molecule has 0 bridgehead atoms. The molecule has 1 saturated heterocycles. The maximum absolute atomic E-state index is 13.2. The molecule has 1 aromatic rings. The van der Waals surface area contributed by atoms with Crippen LogP contribution in [0.5, 0.6) is 0 Å². The molecule has 0 radical (unpaired) electrons. The predicted octanol–water partition coefficient (Wildman–Crippen LogP) is 1.49. The number of morpholine rings is 1. The van der Waals surface area contributed by atoms with Gasteiger partial charge in [-0.3, -0.25) is 4.90 Å². The Kier molecular flexibility index (Phi) is 5.74. The van der Waals surface area contributed by atoms with E-state index in [2.05, 4.69) is 10.2 Å². The first-order chi connectivity index (χ1) is 11.1. The van der Waals surface area contributed by atoms with Crippen molar-refractivity contribution in [3.05, 3.63) is 23.8 Å². The largest absolute Gasteiger partial charge is 0.418 e. The van der Waals surface area contributed by atoms with Crippen LogP contribution in [0, 0.1) is 0 Å². The van der Waals surface area contributed by atoms with Crippen LogP contribution in [0.2, 0.25) is 0 Å². The fourth-order valence-electron chi connectivity index (χ4n) is 2.49. The molecule has 0 saturated carbocycles. The zero-order valence-electron chi connectivity index (χ0n) is 13.1. The normalized spacial score (nSPS) is 18.4. The molecule has 0 aliphatic carbocycles. The first-order valence-corrected chi connectivity index (χ1v) is 8.93. The van der Waals surface area contributed by atoms with Crippen LogP contribution >= 0.6 is 0 Å². The molecule has 1 aromatic carbocycles. The Morgan fingerprint density at radius 2 is 1.96 bits per heavy atom. The van der Waals surface area contributed by atoms with Crippen LogP contribution < -0.4 is 10.5 Å². The van der Waals surface area contributed by atoms with Crippen LogP contribution in [-0.4, -0.2) is 52.2 Å². The van der Waals surface area contributed by atoms with Crippen LogP contribution in [0.3, 0.4) is 0 Å². The molecule has 24 heavy (non-hydrogen) atoms. The van der Waals surface area contributed by atoms with Crippen molar-refractivity contribution in [2.45, 2.75) is 24.0 Å². The van der Waals surface area contributed by atoms with Gasteiger partial charge in [-0.2, -0.15) is 13.2 Å². The number of hydrogen-bond donors (Lipinski definition) is 2. The summed E-state index contributed by atoms with van der Waals surface area (Å²) < 4.78 is 67.4. The zero-order valence-corrected chi connectivity index (χ0v) is 14.0. The van der Waals surface area contributed by atoms with E-state index in [1.54, 1.807) is 0 Å². The molecule has 1 aliphatic heterocycles. The molecule has 1 aliphatic rings. The maximum atomic E-state index is 13.2. The molecule has 0 amide bonds. The van der Waals surface area contributed by atoms with Crippen molar-refractivity contribution in [2.24, 2.45) is 5.14 Å². The fourth-order valence-corrected chi connectivity index (χ4v) is 3.03. The van der Waals surface area contributed by atoms with Crippen molar-refractivity contribution in [1.29, 1.82) is 0 Å². The smallest absolute Gasteiger partial charge is 0.383 e. The van der Waals surface area contributed by atoms with Gasteiger partial charge in [-0.25, -0.2) is 13.6 Å². The number of nitrogens with one attached hydrogen (secondary N) is 1. The topological polar surface area (TPSA) is 84.7 Å². The van der Waals surface area contributed by atoms with E-state index in [1.165, 1.54) is 0 Å². The Hall–Kier alpha value is -1.36.